The molecule has 150 valence electrons. The van der Waals surface area contributed by atoms with Crippen LogP contribution in [0.15, 0.2) is 65.4 Å². The third-order valence-electron chi connectivity index (χ3n) is 5.02. The summed E-state index contributed by atoms with van der Waals surface area (Å²) in [6.45, 7) is 3.39. The predicted molar refractivity (Wildman–Crippen MR) is 111 cm³/mol. The number of piperazine rings is 1. The Balaban J connectivity index is 1.33. The molecular formula is C22H24N4O3. The lowest BCUT2D eigenvalue weighted by atomic mass is 10.2. The van der Waals surface area contributed by atoms with Crippen molar-refractivity contribution in [1.29, 1.82) is 0 Å². The van der Waals surface area contributed by atoms with Crippen molar-refractivity contribution in [3.8, 4) is 5.75 Å². The number of carbonyl (C=O) groups is 1. The van der Waals surface area contributed by atoms with Crippen LogP contribution in [-0.2, 0) is 6.54 Å². The topological polar surface area (TPSA) is 70.8 Å². The molecule has 29 heavy (non-hydrogen) atoms. The summed E-state index contributed by atoms with van der Waals surface area (Å²) in [6, 6.07) is 15.4. The van der Waals surface area contributed by atoms with Gasteiger partial charge in [0, 0.05) is 26.2 Å². The highest BCUT2D eigenvalue weighted by atomic mass is 16.5. The smallest absolute Gasteiger partial charge is 0.272 e. The zero-order chi connectivity index (χ0) is 20.1. The number of nitrogens with zero attached hydrogens (tertiary/aromatic N) is 3. The van der Waals surface area contributed by atoms with Gasteiger partial charge in [-0.25, -0.2) is 4.98 Å². The molecule has 0 unspecified atom stereocenters. The molecule has 1 amide bonds. The van der Waals surface area contributed by atoms with Crippen molar-refractivity contribution >= 4 is 17.3 Å². The molecule has 3 heterocycles. The van der Waals surface area contributed by atoms with Crippen LogP contribution in [0.4, 0.5) is 11.4 Å². The van der Waals surface area contributed by atoms with E-state index in [-0.39, 0.29) is 5.91 Å². The Morgan fingerprint density at radius 3 is 2.62 bits per heavy atom. The van der Waals surface area contributed by atoms with Gasteiger partial charge in [-0.2, -0.15) is 0 Å². The summed E-state index contributed by atoms with van der Waals surface area (Å²) in [7, 11) is 1.68. The molecule has 1 aliphatic heterocycles. The maximum atomic E-state index is 12.8. The Bertz CT molecular complexity index is 933. The molecule has 4 rings (SSSR count). The van der Waals surface area contributed by atoms with Crippen LogP contribution in [0, 0.1) is 0 Å². The van der Waals surface area contributed by atoms with Crippen LogP contribution >= 0.6 is 0 Å². The van der Waals surface area contributed by atoms with Crippen molar-refractivity contribution in [2.45, 2.75) is 6.54 Å². The zero-order valence-corrected chi connectivity index (χ0v) is 16.4. The molecule has 1 N–H and O–H groups in total. The van der Waals surface area contributed by atoms with Crippen molar-refractivity contribution in [1.82, 2.24) is 9.88 Å². The number of hydrogen-bond acceptors (Lipinski definition) is 6. The van der Waals surface area contributed by atoms with E-state index < -0.39 is 0 Å². The summed E-state index contributed by atoms with van der Waals surface area (Å²) in [6.07, 6.45) is 3.33. The lowest BCUT2D eigenvalue weighted by molar-refractivity contribution is 0.0741. The second kappa shape index (κ2) is 8.68. The predicted octanol–water partition coefficient (Wildman–Crippen LogP) is 3.26. The summed E-state index contributed by atoms with van der Waals surface area (Å²) < 4.78 is 10.7. The van der Waals surface area contributed by atoms with E-state index in [0.717, 1.165) is 36.0 Å². The first-order valence-electron chi connectivity index (χ1n) is 9.64. The quantitative estimate of drug-likeness (QED) is 0.694. The lowest BCUT2D eigenvalue weighted by Gasteiger charge is -2.36. The lowest BCUT2D eigenvalue weighted by Crippen LogP contribution is -2.49. The Hall–Kier alpha value is -3.48. The van der Waals surface area contributed by atoms with Crippen molar-refractivity contribution in [3.63, 3.8) is 0 Å². The number of para-hydroxylation sites is 2. The Morgan fingerprint density at radius 2 is 1.93 bits per heavy atom. The third kappa shape index (κ3) is 4.34. The molecule has 0 spiro atoms. The molecular weight excluding hydrogens is 368 g/mol. The Morgan fingerprint density at radius 1 is 1.10 bits per heavy atom. The molecule has 1 aliphatic rings. The normalized spacial score (nSPS) is 14.0. The van der Waals surface area contributed by atoms with E-state index in [0.29, 0.717) is 25.3 Å². The van der Waals surface area contributed by atoms with Gasteiger partial charge in [0.05, 0.1) is 37.5 Å². The summed E-state index contributed by atoms with van der Waals surface area (Å²) in [5.74, 6) is 1.66. The minimum atomic E-state index is -0.0396. The number of carbonyl (C=O) groups excluding carboxylic acids is 1. The van der Waals surface area contributed by atoms with E-state index in [2.05, 4.69) is 15.2 Å². The van der Waals surface area contributed by atoms with Crippen LogP contribution in [0.5, 0.6) is 5.75 Å². The van der Waals surface area contributed by atoms with E-state index in [9.17, 15) is 4.79 Å². The number of amides is 1. The first kappa shape index (κ1) is 18.9. The van der Waals surface area contributed by atoms with Crippen LogP contribution in [-0.4, -0.2) is 49.1 Å². The number of aromatic nitrogens is 1. The highest BCUT2D eigenvalue weighted by Gasteiger charge is 2.24. The van der Waals surface area contributed by atoms with Crippen LogP contribution < -0.4 is 15.0 Å². The summed E-state index contributed by atoms with van der Waals surface area (Å²) in [5.41, 5.74) is 2.37. The number of furan rings is 1. The SMILES string of the molecule is COc1ccccc1N1CCN(C(=O)c2ccc(NCc3ccco3)cn2)CC1. The number of hydrogen-bond donors (Lipinski definition) is 1. The fraction of sp³-hybridized carbons (Fsp3) is 0.273. The largest absolute Gasteiger partial charge is 0.495 e. The van der Waals surface area contributed by atoms with Crippen LogP contribution in [0.3, 0.4) is 0 Å². The van der Waals surface area contributed by atoms with Gasteiger partial charge in [-0.3, -0.25) is 4.79 Å². The number of benzene rings is 1. The molecule has 0 saturated carbocycles. The minimum absolute atomic E-state index is 0.0396. The summed E-state index contributed by atoms with van der Waals surface area (Å²) in [5, 5.41) is 3.23. The average molecular weight is 392 g/mol. The fourth-order valence-corrected chi connectivity index (χ4v) is 3.43. The van der Waals surface area contributed by atoms with Gasteiger partial charge in [0.25, 0.3) is 5.91 Å². The van der Waals surface area contributed by atoms with E-state index in [1.807, 2.05) is 47.4 Å². The molecule has 2 aromatic heterocycles. The van der Waals surface area contributed by atoms with Crippen LogP contribution in [0.25, 0.3) is 0 Å². The summed E-state index contributed by atoms with van der Waals surface area (Å²) in [4.78, 5) is 21.2. The second-order valence-electron chi connectivity index (χ2n) is 6.82. The number of ether oxygens (including phenoxy) is 1. The number of methoxy groups -OCH3 is 1. The Kier molecular flexibility index (Phi) is 5.65. The first-order chi connectivity index (χ1) is 14.2. The number of nitrogens with one attached hydrogen (secondary N) is 1. The number of anilines is 2. The van der Waals surface area contributed by atoms with Crippen molar-refractivity contribution < 1.29 is 13.9 Å². The van der Waals surface area contributed by atoms with E-state index >= 15 is 0 Å². The van der Waals surface area contributed by atoms with Gasteiger partial charge in [0.2, 0.25) is 0 Å². The average Bonchev–Trinajstić information content (AvgIpc) is 3.31. The third-order valence-corrected chi connectivity index (χ3v) is 5.02. The van der Waals surface area contributed by atoms with Gasteiger partial charge in [0.1, 0.15) is 17.2 Å². The molecule has 1 saturated heterocycles. The molecule has 0 atom stereocenters. The van der Waals surface area contributed by atoms with Crippen molar-refractivity contribution in [3.05, 3.63) is 72.4 Å². The van der Waals surface area contributed by atoms with Gasteiger partial charge in [0.15, 0.2) is 0 Å². The molecule has 1 aromatic carbocycles. The molecule has 0 aliphatic carbocycles. The fourth-order valence-electron chi connectivity index (χ4n) is 3.43. The first-order valence-corrected chi connectivity index (χ1v) is 9.64. The minimum Gasteiger partial charge on any atom is -0.495 e. The van der Waals surface area contributed by atoms with E-state index in [1.54, 1.807) is 25.6 Å². The van der Waals surface area contributed by atoms with Crippen LogP contribution in [0.2, 0.25) is 0 Å². The van der Waals surface area contributed by atoms with Gasteiger partial charge >= 0.3 is 0 Å². The van der Waals surface area contributed by atoms with Gasteiger partial charge in [-0.15, -0.1) is 0 Å². The molecule has 3 aromatic rings. The highest BCUT2D eigenvalue weighted by Crippen LogP contribution is 2.28. The van der Waals surface area contributed by atoms with E-state index in [4.69, 9.17) is 9.15 Å². The van der Waals surface area contributed by atoms with E-state index in [1.165, 1.54) is 0 Å². The summed E-state index contributed by atoms with van der Waals surface area (Å²) >= 11 is 0. The van der Waals surface area contributed by atoms with Gasteiger partial charge in [-0.1, -0.05) is 12.1 Å². The molecule has 7 nitrogen and oxygen atoms in total. The number of pyridine rings is 1. The molecule has 0 bridgehead atoms. The zero-order valence-electron chi connectivity index (χ0n) is 16.4. The van der Waals surface area contributed by atoms with Gasteiger partial charge < -0.3 is 24.3 Å². The van der Waals surface area contributed by atoms with Crippen molar-refractivity contribution in [2.75, 3.05) is 43.5 Å². The molecule has 7 heteroatoms. The standard InChI is InChI=1S/C22H24N4O3/c1-28-21-7-3-2-6-20(21)25-10-12-26(13-11-25)22(27)19-9-8-17(15-24-19)23-16-18-5-4-14-29-18/h2-9,14-15,23H,10-13,16H2,1H3. The maximum Gasteiger partial charge on any atom is 0.272 e. The molecule has 1 fully saturated rings. The maximum absolute atomic E-state index is 12.8. The molecule has 0 radical (unpaired) electrons. The number of rotatable bonds is 6. The van der Waals surface area contributed by atoms with Crippen molar-refractivity contribution in [2.24, 2.45) is 0 Å². The van der Waals surface area contributed by atoms with Gasteiger partial charge in [-0.05, 0) is 36.4 Å². The van der Waals surface area contributed by atoms with Crippen LogP contribution in [0.1, 0.15) is 16.2 Å². The highest BCUT2D eigenvalue weighted by molar-refractivity contribution is 5.92. The Labute approximate surface area is 169 Å². The monoisotopic (exact) mass is 392 g/mol. The second-order valence-corrected chi connectivity index (χ2v) is 6.82.